The van der Waals surface area contributed by atoms with Crippen molar-refractivity contribution in [3.05, 3.63) is 95.0 Å². The van der Waals surface area contributed by atoms with Gasteiger partial charge in [-0.1, -0.05) is 54.1 Å². The summed E-state index contributed by atoms with van der Waals surface area (Å²) in [7, 11) is 0. The van der Waals surface area contributed by atoms with Gasteiger partial charge < -0.3 is 5.32 Å². The largest absolute Gasteiger partial charge is 0.356 e. The number of hydrogen-bond acceptors (Lipinski definition) is 3. The van der Waals surface area contributed by atoms with Crippen LogP contribution in [-0.2, 0) is 11.2 Å². The van der Waals surface area contributed by atoms with E-state index in [0.717, 1.165) is 16.8 Å². The monoisotopic (exact) mass is 365 g/mol. The molecule has 5 heteroatoms. The van der Waals surface area contributed by atoms with E-state index >= 15 is 0 Å². The fourth-order valence-electron chi connectivity index (χ4n) is 2.86. The molecule has 0 aliphatic carbocycles. The number of rotatable bonds is 7. The van der Waals surface area contributed by atoms with Gasteiger partial charge in [0.1, 0.15) is 0 Å². The zero-order valence-corrected chi connectivity index (χ0v) is 15.1. The Hall–Kier alpha value is -2.72. The Kier molecular flexibility index (Phi) is 6.34. The predicted molar refractivity (Wildman–Crippen MR) is 103 cm³/mol. The summed E-state index contributed by atoms with van der Waals surface area (Å²) in [5.74, 6) is 0.00248. The molecule has 0 spiro atoms. The molecule has 0 unspecified atom stereocenters. The van der Waals surface area contributed by atoms with Crippen LogP contribution < -0.4 is 5.32 Å². The smallest absolute Gasteiger partial charge is 0.220 e. The van der Waals surface area contributed by atoms with Gasteiger partial charge in [0.05, 0.1) is 5.69 Å². The van der Waals surface area contributed by atoms with E-state index in [1.807, 2.05) is 54.6 Å². The first-order valence-electron chi connectivity index (χ1n) is 8.54. The first kappa shape index (κ1) is 18.1. The first-order valence-corrected chi connectivity index (χ1v) is 8.92. The molecule has 132 valence electrons. The van der Waals surface area contributed by atoms with Gasteiger partial charge in [-0.15, -0.1) is 0 Å². The van der Waals surface area contributed by atoms with Crippen molar-refractivity contribution in [1.82, 2.24) is 15.3 Å². The number of carbonyl (C=O) groups excluding carboxylic acids is 1. The third-order valence-electron chi connectivity index (χ3n) is 4.18. The Morgan fingerprint density at radius 1 is 1.00 bits per heavy atom. The van der Waals surface area contributed by atoms with E-state index < -0.39 is 0 Å². The van der Waals surface area contributed by atoms with Gasteiger partial charge in [0.2, 0.25) is 5.91 Å². The van der Waals surface area contributed by atoms with E-state index in [1.165, 1.54) is 0 Å². The topological polar surface area (TPSA) is 54.9 Å². The number of aromatic nitrogens is 2. The summed E-state index contributed by atoms with van der Waals surface area (Å²) in [4.78, 5) is 20.7. The molecule has 3 aromatic rings. The van der Waals surface area contributed by atoms with Crippen molar-refractivity contribution >= 4 is 17.5 Å². The lowest BCUT2D eigenvalue weighted by atomic mass is 9.88. The highest BCUT2D eigenvalue weighted by molar-refractivity contribution is 6.30. The SMILES string of the molecule is O=C(C[C@@H](c1ccccc1)c1ccc(Cl)cc1)NCCc1cnccn1. The Balaban J connectivity index is 1.65. The van der Waals surface area contributed by atoms with Crippen molar-refractivity contribution in [2.24, 2.45) is 0 Å². The maximum atomic E-state index is 12.5. The van der Waals surface area contributed by atoms with E-state index in [4.69, 9.17) is 11.6 Å². The molecule has 1 atom stereocenters. The van der Waals surface area contributed by atoms with E-state index in [-0.39, 0.29) is 11.8 Å². The average molecular weight is 366 g/mol. The molecule has 3 rings (SSSR count). The molecule has 1 heterocycles. The molecular weight excluding hydrogens is 346 g/mol. The third kappa shape index (κ3) is 5.14. The number of amides is 1. The quantitative estimate of drug-likeness (QED) is 0.688. The second-order valence-corrected chi connectivity index (χ2v) is 6.45. The molecule has 4 nitrogen and oxygen atoms in total. The zero-order valence-electron chi connectivity index (χ0n) is 14.3. The van der Waals surface area contributed by atoms with E-state index in [0.29, 0.717) is 24.4 Å². The number of nitrogens with one attached hydrogen (secondary N) is 1. The summed E-state index contributed by atoms with van der Waals surface area (Å²) < 4.78 is 0. The van der Waals surface area contributed by atoms with Gasteiger partial charge in [0, 0.05) is 48.9 Å². The van der Waals surface area contributed by atoms with E-state index in [1.54, 1.807) is 18.6 Å². The van der Waals surface area contributed by atoms with Crippen LogP contribution in [0.15, 0.2) is 73.2 Å². The Morgan fingerprint density at radius 2 is 1.73 bits per heavy atom. The number of carbonyl (C=O) groups is 1. The molecule has 0 aliphatic rings. The molecule has 2 aromatic carbocycles. The molecule has 1 amide bonds. The van der Waals surface area contributed by atoms with Crippen LogP contribution in [0.2, 0.25) is 5.02 Å². The van der Waals surface area contributed by atoms with Crippen molar-refractivity contribution in [3.8, 4) is 0 Å². The van der Waals surface area contributed by atoms with Crippen molar-refractivity contribution in [1.29, 1.82) is 0 Å². The fraction of sp³-hybridized carbons (Fsp3) is 0.190. The van der Waals surface area contributed by atoms with Crippen molar-refractivity contribution in [2.75, 3.05) is 6.54 Å². The molecule has 0 radical (unpaired) electrons. The molecule has 1 N–H and O–H groups in total. The maximum absolute atomic E-state index is 12.5. The molecule has 0 saturated heterocycles. The molecule has 0 aliphatic heterocycles. The van der Waals surface area contributed by atoms with Crippen LogP contribution in [0.3, 0.4) is 0 Å². The minimum absolute atomic E-state index is 0.00927. The van der Waals surface area contributed by atoms with Crippen molar-refractivity contribution in [2.45, 2.75) is 18.8 Å². The number of benzene rings is 2. The van der Waals surface area contributed by atoms with E-state index in [2.05, 4.69) is 15.3 Å². The molecule has 0 fully saturated rings. The third-order valence-corrected chi connectivity index (χ3v) is 4.44. The van der Waals surface area contributed by atoms with E-state index in [9.17, 15) is 4.79 Å². The summed E-state index contributed by atoms with van der Waals surface area (Å²) in [5.41, 5.74) is 3.05. The number of halogens is 1. The molecule has 26 heavy (non-hydrogen) atoms. The van der Waals surface area contributed by atoms with Crippen LogP contribution in [0.1, 0.15) is 29.2 Å². The summed E-state index contributed by atoms with van der Waals surface area (Å²) >= 11 is 6.00. The number of nitrogens with zero attached hydrogens (tertiary/aromatic N) is 2. The minimum atomic E-state index is -0.00927. The molecule has 0 saturated carbocycles. The van der Waals surface area contributed by atoms with Crippen LogP contribution in [0.4, 0.5) is 0 Å². The van der Waals surface area contributed by atoms with Crippen LogP contribution in [0.25, 0.3) is 0 Å². The first-order chi connectivity index (χ1) is 12.7. The van der Waals surface area contributed by atoms with Gasteiger partial charge in [-0.2, -0.15) is 0 Å². The van der Waals surface area contributed by atoms with Crippen LogP contribution in [0.5, 0.6) is 0 Å². The zero-order chi connectivity index (χ0) is 18.2. The van der Waals surface area contributed by atoms with Gasteiger partial charge in [0.15, 0.2) is 0 Å². The molecule has 0 bridgehead atoms. The minimum Gasteiger partial charge on any atom is -0.356 e. The van der Waals surface area contributed by atoms with Gasteiger partial charge in [0.25, 0.3) is 0 Å². The summed E-state index contributed by atoms with van der Waals surface area (Å²) in [6.45, 7) is 0.541. The van der Waals surface area contributed by atoms with Gasteiger partial charge in [-0.25, -0.2) is 0 Å². The molecular formula is C21H20ClN3O. The van der Waals surface area contributed by atoms with Gasteiger partial charge >= 0.3 is 0 Å². The van der Waals surface area contributed by atoms with Crippen LogP contribution >= 0.6 is 11.6 Å². The second-order valence-electron chi connectivity index (χ2n) is 6.02. The highest BCUT2D eigenvalue weighted by Crippen LogP contribution is 2.28. The summed E-state index contributed by atoms with van der Waals surface area (Å²) in [6, 6.07) is 17.7. The summed E-state index contributed by atoms with van der Waals surface area (Å²) in [6.07, 6.45) is 6.05. The Morgan fingerprint density at radius 3 is 2.42 bits per heavy atom. The van der Waals surface area contributed by atoms with Crippen molar-refractivity contribution in [3.63, 3.8) is 0 Å². The summed E-state index contributed by atoms with van der Waals surface area (Å²) in [5, 5.41) is 3.67. The van der Waals surface area contributed by atoms with Crippen molar-refractivity contribution < 1.29 is 4.79 Å². The fourth-order valence-corrected chi connectivity index (χ4v) is 2.98. The lowest BCUT2D eigenvalue weighted by Crippen LogP contribution is -2.27. The second kappa shape index (κ2) is 9.11. The van der Waals surface area contributed by atoms with Gasteiger partial charge in [-0.3, -0.25) is 14.8 Å². The highest BCUT2D eigenvalue weighted by Gasteiger charge is 2.18. The number of hydrogen-bond donors (Lipinski definition) is 1. The normalized spacial score (nSPS) is 11.7. The predicted octanol–water partition coefficient (Wildman–Crippen LogP) is 4.01. The lowest BCUT2D eigenvalue weighted by Gasteiger charge is -2.18. The Labute approximate surface area is 158 Å². The standard InChI is InChI=1S/C21H20ClN3O/c22-18-8-6-17(7-9-18)20(16-4-2-1-3-5-16)14-21(26)25-11-10-19-15-23-12-13-24-19/h1-9,12-13,15,20H,10-11,14H2,(H,25,26)/t20-/m0/s1. The van der Waals surface area contributed by atoms with Crippen LogP contribution in [-0.4, -0.2) is 22.4 Å². The average Bonchev–Trinajstić information content (AvgIpc) is 2.68. The Bertz CT molecular complexity index is 823. The highest BCUT2D eigenvalue weighted by atomic mass is 35.5. The molecule has 1 aromatic heterocycles. The van der Waals surface area contributed by atoms with Crippen LogP contribution in [0, 0.1) is 0 Å². The maximum Gasteiger partial charge on any atom is 0.220 e. The van der Waals surface area contributed by atoms with Gasteiger partial charge in [-0.05, 0) is 23.3 Å². The lowest BCUT2D eigenvalue weighted by molar-refractivity contribution is -0.121.